The van der Waals surface area contributed by atoms with Crippen LogP contribution >= 0.6 is 0 Å². The molecule has 4 aromatic rings. The molecule has 2 aromatic carbocycles. The maximum atomic E-state index is 13.4. The van der Waals surface area contributed by atoms with E-state index in [-0.39, 0.29) is 23.4 Å². The van der Waals surface area contributed by atoms with Gasteiger partial charge in [0.15, 0.2) is 17.1 Å². The molecular weight excluding hydrogens is 392 g/mol. The van der Waals surface area contributed by atoms with E-state index in [9.17, 15) is 8.78 Å². The van der Waals surface area contributed by atoms with Crippen LogP contribution in [0.2, 0.25) is 0 Å². The predicted octanol–water partition coefficient (Wildman–Crippen LogP) is 3.74. The Labute approximate surface area is 169 Å². The molecule has 2 aliphatic rings. The van der Waals surface area contributed by atoms with Crippen molar-refractivity contribution in [3.63, 3.8) is 0 Å². The van der Waals surface area contributed by atoms with Crippen LogP contribution in [0.3, 0.4) is 0 Å². The average molecular weight is 407 g/mol. The van der Waals surface area contributed by atoms with Crippen LogP contribution in [0.5, 0.6) is 11.5 Å². The van der Waals surface area contributed by atoms with Gasteiger partial charge < -0.3 is 15.2 Å². The van der Waals surface area contributed by atoms with Crippen molar-refractivity contribution >= 4 is 16.9 Å². The van der Waals surface area contributed by atoms with Crippen LogP contribution in [-0.4, -0.2) is 26.0 Å². The number of nitrogen functional groups attached to an aromatic ring is 1. The van der Waals surface area contributed by atoms with Crippen molar-refractivity contribution in [2.45, 2.75) is 25.2 Å². The highest BCUT2D eigenvalue weighted by atomic mass is 19.3. The van der Waals surface area contributed by atoms with Crippen molar-refractivity contribution in [1.29, 1.82) is 0 Å². The lowest BCUT2D eigenvalue weighted by Crippen LogP contribution is -2.25. The third-order valence-corrected chi connectivity index (χ3v) is 5.57. The molecule has 0 amide bonds. The maximum absolute atomic E-state index is 13.4. The van der Waals surface area contributed by atoms with Crippen molar-refractivity contribution in [3.8, 4) is 22.8 Å². The summed E-state index contributed by atoms with van der Waals surface area (Å²) in [6.07, 6.45) is -0.630. The molecule has 2 N–H and O–H groups in total. The highest BCUT2D eigenvalue weighted by Gasteiger charge is 2.43. The Kier molecular flexibility index (Phi) is 3.36. The van der Waals surface area contributed by atoms with E-state index in [0.717, 1.165) is 12.8 Å². The van der Waals surface area contributed by atoms with Crippen molar-refractivity contribution in [1.82, 2.24) is 19.7 Å². The molecule has 0 saturated heterocycles. The van der Waals surface area contributed by atoms with E-state index >= 15 is 0 Å². The number of hydrogen-bond donors (Lipinski definition) is 1. The molecule has 0 bridgehead atoms. The smallest absolute Gasteiger partial charge is 0.395 e. The Morgan fingerprint density at radius 1 is 1.00 bits per heavy atom. The molecule has 9 heteroatoms. The van der Waals surface area contributed by atoms with Gasteiger partial charge in [-0.1, -0.05) is 24.3 Å². The number of benzene rings is 2. The van der Waals surface area contributed by atoms with E-state index < -0.39 is 6.29 Å². The first-order valence-corrected chi connectivity index (χ1v) is 9.44. The second-order valence-corrected chi connectivity index (χ2v) is 7.41. The van der Waals surface area contributed by atoms with Crippen LogP contribution in [0.4, 0.5) is 14.6 Å². The summed E-state index contributed by atoms with van der Waals surface area (Å²) in [6.45, 7) is 0. The number of nitrogens with zero attached hydrogens (tertiary/aromatic N) is 4. The zero-order valence-corrected chi connectivity index (χ0v) is 15.5. The van der Waals surface area contributed by atoms with Crippen LogP contribution in [0.1, 0.15) is 17.2 Å². The lowest BCUT2D eigenvalue weighted by Gasteiger charge is -2.10. The van der Waals surface area contributed by atoms with Gasteiger partial charge in [-0.05, 0) is 42.2 Å². The van der Waals surface area contributed by atoms with Crippen LogP contribution in [0, 0.1) is 0 Å². The Bertz CT molecular complexity index is 1300. The zero-order valence-electron chi connectivity index (χ0n) is 15.5. The summed E-state index contributed by atoms with van der Waals surface area (Å²) in [5.41, 5.74) is 10.4. The van der Waals surface area contributed by atoms with Gasteiger partial charge in [0.2, 0.25) is 0 Å². The summed E-state index contributed by atoms with van der Waals surface area (Å²) in [7, 11) is 0. The first-order chi connectivity index (χ1) is 14.5. The van der Waals surface area contributed by atoms with Gasteiger partial charge in [0, 0.05) is 5.56 Å². The van der Waals surface area contributed by atoms with Gasteiger partial charge in [-0.2, -0.15) is 5.10 Å². The Morgan fingerprint density at radius 2 is 1.73 bits per heavy atom. The molecule has 3 heterocycles. The summed E-state index contributed by atoms with van der Waals surface area (Å²) < 4.78 is 37.8. The van der Waals surface area contributed by atoms with E-state index in [2.05, 4.69) is 31.6 Å². The minimum Gasteiger partial charge on any atom is -0.395 e. The summed E-state index contributed by atoms with van der Waals surface area (Å²) >= 11 is 0. The van der Waals surface area contributed by atoms with Crippen molar-refractivity contribution in [2.24, 2.45) is 0 Å². The number of fused-ring (bicyclic) bond motifs is 3. The standard InChI is InChI=1S/C21H15F2N5O2/c22-21(23)29-15-6-5-13(9-16(15)30-21)18-17-19(24)25-10-26-20(17)28(27-18)14-7-11-3-1-2-4-12(11)8-14/h1-6,9-10,14H,7-8H2,(H2,24,25,26). The second-order valence-electron chi connectivity index (χ2n) is 7.41. The lowest BCUT2D eigenvalue weighted by atomic mass is 10.1. The molecule has 0 spiro atoms. The van der Waals surface area contributed by atoms with Crippen molar-refractivity contribution in [3.05, 3.63) is 59.9 Å². The second kappa shape index (κ2) is 5.88. The van der Waals surface area contributed by atoms with E-state index in [1.54, 1.807) is 6.07 Å². The molecule has 0 radical (unpaired) electrons. The first kappa shape index (κ1) is 17.1. The summed E-state index contributed by atoms with van der Waals surface area (Å²) in [6, 6.07) is 12.9. The van der Waals surface area contributed by atoms with E-state index in [1.807, 2.05) is 16.8 Å². The van der Waals surface area contributed by atoms with Gasteiger partial charge in [0.1, 0.15) is 17.8 Å². The van der Waals surface area contributed by atoms with E-state index in [4.69, 9.17) is 10.8 Å². The van der Waals surface area contributed by atoms with Crippen LogP contribution in [-0.2, 0) is 12.8 Å². The topological polar surface area (TPSA) is 88.1 Å². The number of nitrogens with two attached hydrogens (primary N) is 1. The highest BCUT2D eigenvalue weighted by molar-refractivity contribution is 5.98. The Morgan fingerprint density at radius 3 is 2.50 bits per heavy atom. The maximum Gasteiger partial charge on any atom is 0.586 e. The molecule has 30 heavy (non-hydrogen) atoms. The van der Waals surface area contributed by atoms with Crippen LogP contribution in [0.15, 0.2) is 48.8 Å². The number of rotatable bonds is 2. The van der Waals surface area contributed by atoms with Gasteiger partial charge in [-0.25, -0.2) is 14.6 Å². The molecule has 2 aromatic heterocycles. The first-order valence-electron chi connectivity index (χ1n) is 9.44. The largest absolute Gasteiger partial charge is 0.586 e. The fraction of sp³-hybridized carbons (Fsp3) is 0.190. The Balaban J connectivity index is 1.49. The van der Waals surface area contributed by atoms with Gasteiger partial charge in [0.05, 0.1) is 11.4 Å². The predicted molar refractivity (Wildman–Crippen MR) is 104 cm³/mol. The number of ether oxygens (including phenoxy) is 2. The fourth-order valence-corrected chi connectivity index (χ4v) is 4.26. The summed E-state index contributed by atoms with van der Waals surface area (Å²) in [4.78, 5) is 8.53. The Hall–Kier alpha value is -3.75. The molecule has 0 fully saturated rings. The quantitative estimate of drug-likeness (QED) is 0.545. The summed E-state index contributed by atoms with van der Waals surface area (Å²) in [5.74, 6) is 0.201. The highest BCUT2D eigenvalue weighted by Crippen LogP contribution is 2.44. The summed E-state index contributed by atoms with van der Waals surface area (Å²) in [5, 5.41) is 5.38. The normalized spacial score (nSPS) is 16.9. The molecule has 0 atom stereocenters. The van der Waals surface area contributed by atoms with Gasteiger partial charge in [-0.3, -0.25) is 0 Å². The number of hydrogen-bond acceptors (Lipinski definition) is 6. The molecule has 0 unspecified atom stereocenters. The van der Waals surface area contributed by atoms with Crippen LogP contribution < -0.4 is 15.2 Å². The molecule has 150 valence electrons. The van der Waals surface area contributed by atoms with Gasteiger partial charge >= 0.3 is 6.29 Å². The third kappa shape index (κ3) is 2.51. The SMILES string of the molecule is Nc1ncnc2c1c(-c1ccc3c(c1)OC(F)(F)O3)nn2C1Cc2ccccc2C1. The molecule has 1 aliphatic carbocycles. The van der Waals surface area contributed by atoms with Gasteiger partial charge in [-0.15, -0.1) is 8.78 Å². The van der Waals surface area contributed by atoms with Crippen LogP contribution in [0.25, 0.3) is 22.3 Å². The zero-order chi connectivity index (χ0) is 20.5. The molecule has 6 rings (SSSR count). The third-order valence-electron chi connectivity index (χ3n) is 5.57. The minimum absolute atomic E-state index is 0.0250. The molecule has 1 aliphatic heterocycles. The number of alkyl halides is 2. The minimum atomic E-state index is -3.68. The van der Waals surface area contributed by atoms with E-state index in [0.29, 0.717) is 22.3 Å². The lowest BCUT2D eigenvalue weighted by molar-refractivity contribution is -0.286. The fourth-order valence-electron chi connectivity index (χ4n) is 4.26. The van der Waals surface area contributed by atoms with Crippen molar-refractivity contribution in [2.75, 3.05) is 5.73 Å². The van der Waals surface area contributed by atoms with Gasteiger partial charge in [0.25, 0.3) is 0 Å². The van der Waals surface area contributed by atoms with E-state index in [1.165, 1.54) is 29.6 Å². The number of halogens is 2. The monoisotopic (exact) mass is 407 g/mol. The molecule has 0 saturated carbocycles. The molecular formula is C21H15F2N5O2. The number of anilines is 1. The number of aromatic nitrogens is 4. The molecule has 7 nitrogen and oxygen atoms in total. The average Bonchev–Trinajstić information content (AvgIpc) is 3.38. The van der Waals surface area contributed by atoms with Crippen molar-refractivity contribution < 1.29 is 18.3 Å².